The highest BCUT2D eigenvalue weighted by Gasteiger charge is 2.17. The summed E-state index contributed by atoms with van der Waals surface area (Å²) >= 11 is 0. The van der Waals surface area contributed by atoms with Crippen LogP contribution in [0.1, 0.15) is 25.0 Å². The molecule has 2 aromatic carbocycles. The minimum atomic E-state index is -0.267. The summed E-state index contributed by atoms with van der Waals surface area (Å²) in [5.74, 6) is 0.281. The number of aromatic nitrogens is 5. The first-order valence-corrected chi connectivity index (χ1v) is 10.1. The minimum absolute atomic E-state index is 0.0707. The summed E-state index contributed by atoms with van der Waals surface area (Å²) in [5.41, 5.74) is 4.44. The zero-order valence-electron chi connectivity index (χ0n) is 17.8. The Kier molecular flexibility index (Phi) is 5.65. The molecular weight excluding hydrogens is 395 g/mol. The maximum atomic E-state index is 13.9. The highest BCUT2D eigenvalue weighted by atomic mass is 19.1. The second-order valence-corrected chi connectivity index (χ2v) is 8.48. The third-order valence-corrected chi connectivity index (χ3v) is 5.19. The van der Waals surface area contributed by atoms with Crippen molar-refractivity contribution < 1.29 is 9.50 Å². The largest absolute Gasteiger partial charge is 0.396 e. The molecule has 0 fully saturated rings. The molecule has 0 aliphatic carbocycles. The molecule has 4 aromatic rings. The van der Waals surface area contributed by atoms with Crippen molar-refractivity contribution in [1.82, 2.24) is 25.0 Å². The lowest BCUT2D eigenvalue weighted by molar-refractivity contribution is 0.170. The second kappa shape index (κ2) is 8.39. The standard InChI is InChI=1S/C23H25FN6O/c1-15-4-5-16(10-18(15)24)12-30-21-7-6-17(11-20(21)28-29-30)19-8-9-25-22(27-19)26-13-23(2,3)14-31/h4-11,31H,12-14H2,1-3H3,(H,25,26,27). The summed E-state index contributed by atoms with van der Waals surface area (Å²) in [5, 5.41) is 21.1. The minimum Gasteiger partial charge on any atom is -0.396 e. The lowest BCUT2D eigenvalue weighted by Crippen LogP contribution is -2.27. The van der Waals surface area contributed by atoms with Crippen molar-refractivity contribution >= 4 is 17.0 Å². The molecule has 0 saturated carbocycles. The van der Waals surface area contributed by atoms with E-state index in [4.69, 9.17) is 0 Å². The summed E-state index contributed by atoms with van der Waals surface area (Å²) in [4.78, 5) is 8.84. The predicted octanol–water partition coefficient (Wildman–Crippen LogP) is 3.81. The zero-order valence-corrected chi connectivity index (χ0v) is 17.8. The lowest BCUT2D eigenvalue weighted by atomic mass is 9.95. The molecule has 0 saturated heterocycles. The fraction of sp³-hybridized carbons (Fsp3) is 0.304. The highest BCUT2D eigenvalue weighted by Crippen LogP contribution is 2.23. The molecule has 160 valence electrons. The van der Waals surface area contributed by atoms with Gasteiger partial charge in [-0.2, -0.15) is 0 Å². The maximum Gasteiger partial charge on any atom is 0.223 e. The van der Waals surface area contributed by atoms with Gasteiger partial charge < -0.3 is 10.4 Å². The van der Waals surface area contributed by atoms with Crippen molar-refractivity contribution in [2.75, 3.05) is 18.5 Å². The van der Waals surface area contributed by atoms with Crippen molar-refractivity contribution in [2.45, 2.75) is 27.3 Å². The number of aliphatic hydroxyl groups is 1. The van der Waals surface area contributed by atoms with Gasteiger partial charge in [-0.05, 0) is 42.3 Å². The van der Waals surface area contributed by atoms with Crippen LogP contribution in [0.15, 0.2) is 48.7 Å². The van der Waals surface area contributed by atoms with Crippen LogP contribution >= 0.6 is 0 Å². The number of benzene rings is 2. The normalized spacial score (nSPS) is 11.8. The Morgan fingerprint density at radius 2 is 1.97 bits per heavy atom. The van der Waals surface area contributed by atoms with Crippen molar-refractivity contribution in [3.63, 3.8) is 0 Å². The molecule has 2 heterocycles. The van der Waals surface area contributed by atoms with E-state index in [1.165, 1.54) is 6.07 Å². The average molecular weight is 420 g/mol. The van der Waals surface area contributed by atoms with E-state index < -0.39 is 0 Å². The molecule has 0 amide bonds. The van der Waals surface area contributed by atoms with Crippen molar-refractivity contribution in [3.05, 3.63) is 65.6 Å². The molecule has 7 nitrogen and oxygen atoms in total. The van der Waals surface area contributed by atoms with Crippen molar-refractivity contribution in [1.29, 1.82) is 0 Å². The molecule has 0 aliphatic heterocycles. The number of halogens is 1. The summed E-state index contributed by atoms with van der Waals surface area (Å²) in [6.07, 6.45) is 1.70. The first-order chi connectivity index (χ1) is 14.8. The van der Waals surface area contributed by atoms with Gasteiger partial charge in [-0.1, -0.05) is 37.3 Å². The molecule has 8 heteroatoms. The van der Waals surface area contributed by atoms with Gasteiger partial charge >= 0.3 is 0 Å². The molecule has 0 spiro atoms. The number of fused-ring (bicyclic) bond motifs is 1. The summed E-state index contributed by atoms with van der Waals surface area (Å²) in [7, 11) is 0. The Hall–Kier alpha value is -3.39. The first kappa shape index (κ1) is 20.9. The van der Waals surface area contributed by atoms with Crippen LogP contribution in [0.4, 0.5) is 10.3 Å². The molecule has 2 aromatic heterocycles. The predicted molar refractivity (Wildman–Crippen MR) is 118 cm³/mol. The van der Waals surface area contributed by atoms with E-state index in [1.807, 2.05) is 44.2 Å². The average Bonchev–Trinajstić information content (AvgIpc) is 3.17. The molecule has 31 heavy (non-hydrogen) atoms. The van der Waals surface area contributed by atoms with Crippen molar-refractivity contribution in [2.24, 2.45) is 5.41 Å². The Labute approximate surface area is 180 Å². The fourth-order valence-corrected chi connectivity index (χ4v) is 3.13. The molecule has 2 N–H and O–H groups in total. The molecule has 0 bridgehead atoms. The van der Waals surface area contributed by atoms with Gasteiger partial charge in [-0.25, -0.2) is 19.0 Å². The maximum absolute atomic E-state index is 13.9. The number of aryl methyl sites for hydroxylation is 1. The van der Waals surface area contributed by atoms with E-state index in [0.29, 0.717) is 24.6 Å². The SMILES string of the molecule is Cc1ccc(Cn2nnc3cc(-c4ccnc(NCC(C)(C)CO)n4)ccc32)cc1F. The summed E-state index contributed by atoms with van der Waals surface area (Å²) in [6.45, 7) is 6.74. The van der Waals surface area contributed by atoms with Crippen LogP contribution in [0.25, 0.3) is 22.3 Å². The van der Waals surface area contributed by atoms with E-state index in [1.54, 1.807) is 23.9 Å². The van der Waals surface area contributed by atoms with E-state index in [-0.39, 0.29) is 17.8 Å². The van der Waals surface area contributed by atoms with Crippen molar-refractivity contribution in [3.8, 4) is 11.3 Å². The van der Waals surface area contributed by atoms with Gasteiger partial charge in [0.1, 0.15) is 11.3 Å². The first-order valence-electron chi connectivity index (χ1n) is 10.1. The van der Waals surface area contributed by atoms with Crippen LogP contribution in [0.5, 0.6) is 0 Å². The van der Waals surface area contributed by atoms with Gasteiger partial charge in [0, 0.05) is 30.3 Å². The number of hydrogen-bond acceptors (Lipinski definition) is 6. The summed E-state index contributed by atoms with van der Waals surface area (Å²) in [6, 6.07) is 12.9. The van der Waals surface area contributed by atoms with Crippen LogP contribution in [-0.4, -0.2) is 43.2 Å². The fourth-order valence-electron chi connectivity index (χ4n) is 3.13. The lowest BCUT2D eigenvalue weighted by Gasteiger charge is -2.21. The third-order valence-electron chi connectivity index (χ3n) is 5.19. The van der Waals surface area contributed by atoms with Gasteiger partial charge in [0.2, 0.25) is 5.95 Å². The second-order valence-electron chi connectivity index (χ2n) is 8.48. The van der Waals surface area contributed by atoms with E-state index in [9.17, 15) is 9.50 Å². The molecule has 0 unspecified atom stereocenters. The van der Waals surface area contributed by atoms with Gasteiger partial charge in [-0.3, -0.25) is 0 Å². The van der Waals surface area contributed by atoms with Crippen LogP contribution in [0, 0.1) is 18.2 Å². The quantitative estimate of drug-likeness (QED) is 0.473. The zero-order chi connectivity index (χ0) is 22.0. The number of hydrogen-bond donors (Lipinski definition) is 2. The van der Waals surface area contributed by atoms with Crippen LogP contribution in [0.2, 0.25) is 0 Å². The topological polar surface area (TPSA) is 88.8 Å². The molecule has 4 rings (SSSR count). The Balaban J connectivity index is 1.56. The molecule has 0 aliphatic rings. The van der Waals surface area contributed by atoms with E-state index in [2.05, 4.69) is 25.6 Å². The third kappa shape index (κ3) is 4.69. The van der Waals surface area contributed by atoms with Gasteiger partial charge in [-0.15, -0.1) is 5.10 Å². The molecule has 0 atom stereocenters. The van der Waals surface area contributed by atoms with E-state index >= 15 is 0 Å². The monoisotopic (exact) mass is 420 g/mol. The number of nitrogens with zero attached hydrogens (tertiary/aromatic N) is 5. The van der Waals surface area contributed by atoms with Gasteiger partial charge in [0.05, 0.1) is 17.8 Å². The van der Waals surface area contributed by atoms with Crippen LogP contribution in [-0.2, 0) is 6.54 Å². The number of rotatable bonds is 7. The van der Waals surface area contributed by atoms with Gasteiger partial charge in [0.15, 0.2) is 0 Å². The molecular formula is C23H25FN6O. The van der Waals surface area contributed by atoms with Crippen LogP contribution in [0.3, 0.4) is 0 Å². The Morgan fingerprint density at radius 1 is 1.13 bits per heavy atom. The number of nitrogens with one attached hydrogen (secondary N) is 1. The Bertz CT molecular complexity index is 1220. The highest BCUT2D eigenvalue weighted by molar-refractivity contribution is 5.80. The van der Waals surface area contributed by atoms with Gasteiger partial charge in [0.25, 0.3) is 0 Å². The van der Waals surface area contributed by atoms with Crippen LogP contribution < -0.4 is 5.32 Å². The number of aliphatic hydroxyl groups excluding tert-OH is 1. The summed E-state index contributed by atoms with van der Waals surface area (Å²) < 4.78 is 15.6. The van der Waals surface area contributed by atoms with E-state index in [0.717, 1.165) is 27.9 Å². The molecule has 0 radical (unpaired) electrons. The smallest absolute Gasteiger partial charge is 0.223 e. The Morgan fingerprint density at radius 3 is 2.74 bits per heavy atom. The number of anilines is 1.